The van der Waals surface area contributed by atoms with Gasteiger partial charge in [-0.15, -0.1) is 11.3 Å². The van der Waals surface area contributed by atoms with Crippen LogP contribution in [0.15, 0.2) is 11.6 Å². The third-order valence-electron chi connectivity index (χ3n) is 3.70. The zero-order valence-electron chi connectivity index (χ0n) is 9.44. The van der Waals surface area contributed by atoms with Crippen molar-refractivity contribution in [3.8, 4) is 0 Å². The van der Waals surface area contributed by atoms with Gasteiger partial charge in [-0.05, 0) is 31.1 Å². The van der Waals surface area contributed by atoms with E-state index in [1.165, 1.54) is 0 Å². The van der Waals surface area contributed by atoms with Crippen LogP contribution in [0, 0.1) is 11.8 Å². The molecule has 3 heteroatoms. The molecule has 0 bridgehead atoms. The summed E-state index contributed by atoms with van der Waals surface area (Å²) in [6, 6.07) is 0. The Balaban J connectivity index is 2.01. The molecule has 2 rings (SSSR count). The van der Waals surface area contributed by atoms with Crippen LogP contribution in [0.2, 0.25) is 0 Å². The highest BCUT2D eigenvalue weighted by molar-refractivity contribution is 7.09. The Kier molecular flexibility index (Phi) is 3.12. The van der Waals surface area contributed by atoms with E-state index in [9.17, 15) is 5.11 Å². The second-order valence-corrected chi connectivity index (χ2v) is 6.00. The van der Waals surface area contributed by atoms with Crippen molar-refractivity contribution >= 4 is 11.3 Å². The molecular formula is C12H19NOS. The molecule has 1 aliphatic rings. The molecule has 1 fully saturated rings. The van der Waals surface area contributed by atoms with Gasteiger partial charge in [0.05, 0.1) is 10.6 Å². The van der Waals surface area contributed by atoms with E-state index in [1.807, 2.05) is 11.6 Å². The number of aliphatic hydroxyl groups is 1. The van der Waals surface area contributed by atoms with Crippen LogP contribution in [-0.4, -0.2) is 15.7 Å². The number of thiazole rings is 1. The van der Waals surface area contributed by atoms with E-state index in [0.717, 1.165) is 36.6 Å². The maximum absolute atomic E-state index is 10.5. The summed E-state index contributed by atoms with van der Waals surface area (Å²) in [7, 11) is 0. The molecule has 0 amide bonds. The lowest BCUT2D eigenvalue weighted by molar-refractivity contribution is -0.0279. The van der Waals surface area contributed by atoms with Crippen molar-refractivity contribution < 1.29 is 5.11 Å². The average Bonchev–Trinajstić information content (AvgIpc) is 2.64. The first-order chi connectivity index (χ1) is 7.09. The van der Waals surface area contributed by atoms with E-state index in [-0.39, 0.29) is 0 Å². The highest BCUT2D eigenvalue weighted by atomic mass is 32.1. The summed E-state index contributed by atoms with van der Waals surface area (Å²) in [4.78, 5) is 4.26. The van der Waals surface area contributed by atoms with Crippen molar-refractivity contribution in [2.24, 2.45) is 11.8 Å². The van der Waals surface area contributed by atoms with Gasteiger partial charge in [0.15, 0.2) is 0 Å². The molecule has 1 aromatic heterocycles. The molecule has 0 aliphatic heterocycles. The van der Waals surface area contributed by atoms with Crippen LogP contribution in [0.3, 0.4) is 0 Å². The van der Waals surface area contributed by atoms with Crippen LogP contribution in [0.25, 0.3) is 0 Å². The van der Waals surface area contributed by atoms with Gasteiger partial charge in [0.2, 0.25) is 0 Å². The van der Waals surface area contributed by atoms with Gasteiger partial charge in [-0.3, -0.25) is 0 Å². The lowest BCUT2D eigenvalue weighted by Gasteiger charge is -2.38. The Labute approximate surface area is 95.4 Å². The molecule has 0 saturated heterocycles. The van der Waals surface area contributed by atoms with Gasteiger partial charge < -0.3 is 5.11 Å². The predicted octanol–water partition coefficient (Wildman–Crippen LogP) is 2.87. The Morgan fingerprint density at radius 2 is 2.33 bits per heavy atom. The minimum atomic E-state index is -0.496. The van der Waals surface area contributed by atoms with Crippen LogP contribution in [0.4, 0.5) is 0 Å². The molecule has 1 N–H and O–H groups in total. The molecule has 1 heterocycles. The van der Waals surface area contributed by atoms with E-state index in [0.29, 0.717) is 5.92 Å². The molecule has 0 aromatic carbocycles. The fraction of sp³-hybridized carbons (Fsp3) is 0.750. The summed E-state index contributed by atoms with van der Waals surface area (Å²) < 4.78 is 0. The van der Waals surface area contributed by atoms with Crippen LogP contribution in [0.1, 0.15) is 38.1 Å². The van der Waals surface area contributed by atoms with E-state index < -0.39 is 5.60 Å². The molecule has 1 aliphatic carbocycles. The highest BCUT2D eigenvalue weighted by Gasteiger charge is 2.36. The molecule has 1 aromatic rings. The van der Waals surface area contributed by atoms with Gasteiger partial charge in [-0.2, -0.15) is 0 Å². The van der Waals surface area contributed by atoms with Crippen LogP contribution in [-0.2, 0) is 6.42 Å². The van der Waals surface area contributed by atoms with E-state index in [2.05, 4.69) is 18.8 Å². The molecule has 3 unspecified atom stereocenters. The van der Waals surface area contributed by atoms with Gasteiger partial charge in [-0.25, -0.2) is 4.98 Å². The largest absolute Gasteiger partial charge is 0.389 e. The summed E-state index contributed by atoms with van der Waals surface area (Å²) in [6.45, 7) is 4.53. The van der Waals surface area contributed by atoms with Gasteiger partial charge >= 0.3 is 0 Å². The molecule has 84 valence electrons. The lowest BCUT2D eigenvalue weighted by Crippen LogP contribution is -2.39. The third-order valence-corrected chi connectivity index (χ3v) is 4.48. The highest BCUT2D eigenvalue weighted by Crippen LogP contribution is 2.38. The topological polar surface area (TPSA) is 33.1 Å². The second-order valence-electron chi connectivity index (χ2n) is 5.02. The Morgan fingerprint density at radius 3 is 2.93 bits per heavy atom. The quantitative estimate of drug-likeness (QED) is 0.839. The number of rotatable bonds is 2. The zero-order chi connectivity index (χ0) is 10.9. The zero-order valence-corrected chi connectivity index (χ0v) is 10.3. The normalized spacial score (nSPS) is 36.7. The molecule has 15 heavy (non-hydrogen) atoms. The third kappa shape index (κ3) is 2.58. The summed E-state index contributed by atoms with van der Waals surface area (Å²) in [5.74, 6) is 1.38. The van der Waals surface area contributed by atoms with Gasteiger partial charge in [0, 0.05) is 18.0 Å². The Hall–Kier alpha value is -0.410. The molecule has 0 radical (unpaired) electrons. The summed E-state index contributed by atoms with van der Waals surface area (Å²) in [6.07, 6.45) is 5.55. The number of hydrogen-bond acceptors (Lipinski definition) is 3. The first-order valence-electron chi connectivity index (χ1n) is 5.70. The van der Waals surface area contributed by atoms with E-state index >= 15 is 0 Å². The molecule has 1 saturated carbocycles. The molecule has 3 atom stereocenters. The maximum Gasteiger partial charge on any atom is 0.0953 e. The Morgan fingerprint density at radius 1 is 1.53 bits per heavy atom. The van der Waals surface area contributed by atoms with Crippen molar-refractivity contribution in [2.45, 2.75) is 45.1 Å². The van der Waals surface area contributed by atoms with Crippen molar-refractivity contribution in [3.05, 3.63) is 16.6 Å². The van der Waals surface area contributed by atoms with Gasteiger partial charge in [-0.1, -0.05) is 13.8 Å². The summed E-state index contributed by atoms with van der Waals surface area (Å²) >= 11 is 1.65. The molecule has 2 nitrogen and oxygen atoms in total. The lowest BCUT2D eigenvalue weighted by atomic mass is 9.72. The van der Waals surface area contributed by atoms with Gasteiger partial charge in [0.25, 0.3) is 0 Å². The van der Waals surface area contributed by atoms with Crippen molar-refractivity contribution in [2.75, 3.05) is 0 Å². The first-order valence-corrected chi connectivity index (χ1v) is 6.58. The van der Waals surface area contributed by atoms with E-state index in [1.54, 1.807) is 11.3 Å². The maximum atomic E-state index is 10.5. The molecule has 0 spiro atoms. The van der Waals surface area contributed by atoms with E-state index in [4.69, 9.17) is 0 Å². The smallest absolute Gasteiger partial charge is 0.0953 e. The minimum Gasteiger partial charge on any atom is -0.389 e. The predicted molar refractivity (Wildman–Crippen MR) is 62.9 cm³/mol. The van der Waals surface area contributed by atoms with Crippen LogP contribution >= 0.6 is 11.3 Å². The minimum absolute atomic E-state index is 0.496. The van der Waals surface area contributed by atoms with Crippen LogP contribution in [0.5, 0.6) is 0 Å². The van der Waals surface area contributed by atoms with Gasteiger partial charge in [0.1, 0.15) is 0 Å². The average molecular weight is 225 g/mol. The second kappa shape index (κ2) is 4.22. The number of nitrogens with zero attached hydrogens (tertiary/aromatic N) is 1. The molecular weight excluding hydrogens is 206 g/mol. The van der Waals surface area contributed by atoms with Crippen molar-refractivity contribution in [1.29, 1.82) is 0 Å². The van der Waals surface area contributed by atoms with Crippen molar-refractivity contribution in [3.63, 3.8) is 0 Å². The standard InChI is InChI=1S/C12H19NOS/c1-9-3-4-12(14,7-10(9)2)8-11-13-5-6-15-11/h5-6,9-10,14H,3-4,7-8H2,1-2H3. The van der Waals surface area contributed by atoms with Crippen LogP contribution < -0.4 is 0 Å². The first kappa shape index (κ1) is 11.1. The van der Waals surface area contributed by atoms with Crippen molar-refractivity contribution in [1.82, 2.24) is 4.98 Å². The fourth-order valence-corrected chi connectivity index (χ4v) is 3.22. The summed E-state index contributed by atoms with van der Waals surface area (Å²) in [5.41, 5.74) is -0.496. The number of hydrogen-bond donors (Lipinski definition) is 1. The summed E-state index contributed by atoms with van der Waals surface area (Å²) in [5, 5.41) is 13.5. The fourth-order valence-electron chi connectivity index (χ4n) is 2.47. The SMILES string of the molecule is CC1CCC(O)(Cc2nccs2)CC1C. The number of aromatic nitrogens is 1. The Bertz CT molecular complexity index is 311. The monoisotopic (exact) mass is 225 g/mol.